The van der Waals surface area contributed by atoms with Crippen LogP contribution in [0.15, 0.2) is 52.0 Å². The molecule has 0 aliphatic carbocycles. The average molecular weight is 291 g/mol. The molecular formula is C16H21NO2S. The van der Waals surface area contributed by atoms with Crippen molar-refractivity contribution in [2.45, 2.75) is 23.9 Å². The first kappa shape index (κ1) is 15.2. The summed E-state index contributed by atoms with van der Waals surface area (Å²) < 4.78 is 10.8. The minimum atomic E-state index is 0.0604. The SMILES string of the molecule is COC[C@@H](N[C@@H](C)c1ccc(SC)cc1)c1ccco1. The lowest BCUT2D eigenvalue weighted by atomic mass is 10.1. The Morgan fingerprint density at radius 2 is 2.00 bits per heavy atom. The topological polar surface area (TPSA) is 34.4 Å². The van der Waals surface area contributed by atoms with Gasteiger partial charge >= 0.3 is 0 Å². The van der Waals surface area contributed by atoms with E-state index >= 15 is 0 Å². The van der Waals surface area contributed by atoms with Crippen molar-refractivity contribution in [1.82, 2.24) is 5.32 Å². The van der Waals surface area contributed by atoms with Crippen LogP contribution < -0.4 is 5.32 Å². The molecule has 0 aliphatic heterocycles. The molecule has 0 unspecified atom stereocenters. The fraction of sp³-hybridized carbons (Fsp3) is 0.375. The normalized spacial score (nSPS) is 14.2. The Balaban J connectivity index is 2.05. The molecule has 0 spiro atoms. The van der Waals surface area contributed by atoms with Gasteiger partial charge in [0.1, 0.15) is 5.76 Å². The van der Waals surface area contributed by atoms with Crippen molar-refractivity contribution >= 4 is 11.8 Å². The second kappa shape index (κ2) is 7.53. The molecule has 1 aromatic heterocycles. The van der Waals surface area contributed by atoms with Gasteiger partial charge in [0.05, 0.1) is 18.9 Å². The van der Waals surface area contributed by atoms with Gasteiger partial charge in [0.2, 0.25) is 0 Å². The molecule has 0 saturated carbocycles. The summed E-state index contributed by atoms with van der Waals surface area (Å²) in [5, 5.41) is 3.55. The highest BCUT2D eigenvalue weighted by atomic mass is 32.2. The van der Waals surface area contributed by atoms with Crippen LogP contribution in [0, 0.1) is 0 Å². The van der Waals surface area contributed by atoms with Gasteiger partial charge in [0.25, 0.3) is 0 Å². The van der Waals surface area contributed by atoms with E-state index in [1.54, 1.807) is 25.1 Å². The van der Waals surface area contributed by atoms with Crippen molar-refractivity contribution in [3.05, 3.63) is 54.0 Å². The lowest BCUT2D eigenvalue weighted by Crippen LogP contribution is -2.27. The van der Waals surface area contributed by atoms with Gasteiger partial charge in [-0.15, -0.1) is 11.8 Å². The second-order valence-electron chi connectivity index (χ2n) is 4.68. The van der Waals surface area contributed by atoms with E-state index in [1.165, 1.54) is 10.5 Å². The Kier molecular flexibility index (Phi) is 5.71. The molecule has 108 valence electrons. The fourth-order valence-corrected chi connectivity index (χ4v) is 2.57. The van der Waals surface area contributed by atoms with E-state index in [4.69, 9.17) is 9.15 Å². The van der Waals surface area contributed by atoms with Gasteiger partial charge in [-0.1, -0.05) is 12.1 Å². The summed E-state index contributed by atoms with van der Waals surface area (Å²) in [7, 11) is 1.70. The molecule has 0 amide bonds. The number of hydrogen-bond donors (Lipinski definition) is 1. The third kappa shape index (κ3) is 3.88. The monoisotopic (exact) mass is 291 g/mol. The second-order valence-corrected chi connectivity index (χ2v) is 5.56. The maximum absolute atomic E-state index is 5.48. The molecule has 2 atom stereocenters. The van der Waals surface area contributed by atoms with Crippen LogP contribution in [0.25, 0.3) is 0 Å². The number of ether oxygens (including phenoxy) is 1. The molecule has 0 aliphatic rings. The quantitative estimate of drug-likeness (QED) is 0.781. The number of hydrogen-bond acceptors (Lipinski definition) is 4. The third-order valence-corrected chi connectivity index (χ3v) is 4.03. The largest absolute Gasteiger partial charge is 0.468 e. The number of rotatable bonds is 7. The molecule has 4 heteroatoms. The van der Waals surface area contributed by atoms with Gasteiger partial charge < -0.3 is 9.15 Å². The molecule has 0 fully saturated rings. The summed E-state index contributed by atoms with van der Waals surface area (Å²) in [4.78, 5) is 1.28. The van der Waals surface area contributed by atoms with Crippen LogP contribution >= 0.6 is 11.8 Å². The average Bonchev–Trinajstić information content (AvgIpc) is 3.01. The highest BCUT2D eigenvalue weighted by molar-refractivity contribution is 7.98. The first-order valence-corrected chi connectivity index (χ1v) is 7.89. The first-order chi connectivity index (χ1) is 9.74. The minimum Gasteiger partial charge on any atom is -0.468 e. The molecule has 3 nitrogen and oxygen atoms in total. The van der Waals surface area contributed by atoms with Gasteiger partial charge in [-0.05, 0) is 43.0 Å². The van der Waals surface area contributed by atoms with Crippen LogP contribution in [0.1, 0.15) is 30.3 Å². The van der Waals surface area contributed by atoms with E-state index in [-0.39, 0.29) is 12.1 Å². The summed E-state index contributed by atoms with van der Waals surface area (Å²) in [6.07, 6.45) is 3.78. The summed E-state index contributed by atoms with van der Waals surface area (Å²) in [5.74, 6) is 0.902. The Hall–Kier alpha value is -1.23. The number of nitrogens with one attached hydrogen (secondary N) is 1. The zero-order valence-corrected chi connectivity index (χ0v) is 12.9. The lowest BCUT2D eigenvalue weighted by molar-refractivity contribution is 0.152. The van der Waals surface area contributed by atoms with Gasteiger partial charge in [-0.3, -0.25) is 5.32 Å². The number of thioether (sulfide) groups is 1. The molecule has 1 aromatic carbocycles. The highest BCUT2D eigenvalue weighted by Gasteiger charge is 2.17. The first-order valence-electron chi connectivity index (χ1n) is 6.67. The van der Waals surface area contributed by atoms with Crippen molar-refractivity contribution < 1.29 is 9.15 Å². The van der Waals surface area contributed by atoms with E-state index < -0.39 is 0 Å². The minimum absolute atomic E-state index is 0.0604. The Labute approximate surface area is 124 Å². The smallest absolute Gasteiger partial charge is 0.123 e. The summed E-state index contributed by atoms with van der Waals surface area (Å²) in [6, 6.07) is 12.8. The van der Waals surface area contributed by atoms with Crippen molar-refractivity contribution in [2.75, 3.05) is 20.0 Å². The van der Waals surface area contributed by atoms with E-state index in [2.05, 4.69) is 42.8 Å². The van der Waals surface area contributed by atoms with Crippen molar-refractivity contribution in [3.8, 4) is 0 Å². The van der Waals surface area contributed by atoms with Crippen LogP contribution in [0.4, 0.5) is 0 Å². The van der Waals surface area contributed by atoms with Gasteiger partial charge in [0, 0.05) is 18.0 Å². The number of benzene rings is 1. The van der Waals surface area contributed by atoms with Gasteiger partial charge in [0.15, 0.2) is 0 Å². The van der Waals surface area contributed by atoms with Crippen LogP contribution in [0.5, 0.6) is 0 Å². The molecule has 1 N–H and O–H groups in total. The van der Waals surface area contributed by atoms with E-state index in [0.29, 0.717) is 6.61 Å². The molecule has 2 aromatic rings. The Bertz CT molecular complexity index is 496. The highest BCUT2D eigenvalue weighted by Crippen LogP contribution is 2.22. The van der Waals surface area contributed by atoms with Crippen molar-refractivity contribution in [1.29, 1.82) is 0 Å². The number of methoxy groups -OCH3 is 1. The molecule has 0 saturated heterocycles. The zero-order chi connectivity index (χ0) is 14.4. The fourth-order valence-electron chi connectivity index (χ4n) is 2.16. The molecular weight excluding hydrogens is 270 g/mol. The van der Waals surface area contributed by atoms with Crippen molar-refractivity contribution in [3.63, 3.8) is 0 Å². The summed E-state index contributed by atoms with van der Waals surface area (Å²) in [6.45, 7) is 2.74. The summed E-state index contributed by atoms with van der Waals surface area (Å²) in [5.41, 5.74) is 1.26. The third-order valence-electron chi connectivity index (χ3n) is 3.29. The van der Waals surface area contributed by atoms with Crippen LogP contribution in [0.2, 0.25) is 0 Å². The molecule has 0 bridgehead atoms. The van der Waals surface area contributed by atoms with Crippen LogP contribution in [-0.2, 0) is 4.74 Å². The van der Waals surface area contributed by atoms with E-state index in [1.807, 2.05) is 12.1 Å². The summed E-state index contributed by atoms with van der Waals surface area (Å²) >= 11 is 1.75. The van der Waals surface area contributed by atoms with E-state index in [0.717, 1.165) is 5.76 Å². The lowest BCUT2D eigenvalue weighted by Gasteiger charge is -2.21. The predicted molar refractivity (Wildman–Crippen MR) is 83.1 cm³/mol. The molecule has 1 heterocycles. The van der Waals surface area contributed by atoms with Gasteiger partial charge in [-0.2, -0.15) is 0 Å². The molecule has 2 rings (SSSR count). The zero-order valence-electron chi connectivity index (χ0n) is 12.1. The van der Waals surface area contributed by atoms with Crippen LogP contribution in [-0.4, -0.2) is 20.0 Å². The molecule has 0 radical (unpaired) electrons. The number of furan rings is 1. The van der Waals surface area contributed by atoms with Gasteiger partial charge in [-0.25, -0.2) is 0 Å². The predicted octanol–water partition coefficient (Wildman–Crippen LogP) is 4.04. The maximum atomic E-state index is 5.48. The van der Waals surface area contributed by atoms with Crippen LogP contribution in [0.3, 0.4) is 0 Å². The Morgan fingerprint density at radius 1 is 1.25 bits per heavy atom. The van der Waals surface area contributed by atoms with E-state index in [9.17, 15) is 0 Å². The molecule has 20 heavy (non-hydrogen) atoms. The Morgan fingerprint density at radius 3 is 2.55 bits per heavy atom. The maximum Gasteiger partial charge on any atom is 0.123 e. The van der Waals surface area contributed by atoms with Crippen molar-refractivity contribution in [2.24, 2.45) is 0 Å². The standard InChI is InChI=1S/C16H21NO2S/c1-12(13-6-8-14(20-3)9-7-13)17-15(11-18-2)16-5-4-10-19-16/h4-10,12,15,17H,11H2,1-3H3/t12-,15+/m0/s1.